The van der Waals surface area contributed by atoms with E-state index in [1.807, 2.05) is 4.90 Å². The average Bonchev–Trinajstić information content (AvgIpc) is 2.56. The molecule has 1 aliphatic heterocycles. The van der Waals surface area contributed by atoms with Crippen LogP contribution in [0.5, 0.6) is 0 Å². The first-order valence-corrected chi connectivity index (χ1v) is 8.69. The summed E-state index contributed by atoms with van der Waals surface area (Å²) in [5, 5.41) is 9.26. The third-order valence-corrected chi connectivity index (χ3v) is 5.52. The van der Waals surface area contributed by atoms with Crippen LogP contribution in [0.4, 0.5) is 0 Å². The van der Waals surface area contributed by atoms with Crippen molar-refractivity contribution in [2.75, 3.05) is 13.1 Å². The number of aromatic carboxylic acids is 1. The van der Waals surface area contributed by atoms with E-state index in [2.05, 4.69) is 0 Å². The molecule has 0 bridgehead atoms. The molecule has 1 N–H and O–H groups in total. The molecule has 3 rings (SSSR count). The highest BCUT2D eigenvalue weighted by Crippen LogP contribution is 2.43. The number of rotatable bonds is 3. The summed E-state index contributed by atoms with van der Waals surface area (Å²) in [7, 11) is 0. The quantitative estimate of drug-likeness (QED) is 0.928. The van der Waals surface area contributed by atoms with Gasteiger partial charge in [0.15, 0.2) is 0 Å². The lowest BCUT2D eigenvalue weighted by atomic mass is 9.69. The van der Waals surface area contributed by atoms with Gasteiger partial charge in [0, 0.05) is 13.1 Å². The zero-order valence-corrected chi connectivity index (χ0v) is 13.6. The van der Waals surface area contributed by atoms with Gasteiger partial charge in [0.2, 0.25) is 5.91 Å². The highest BCUT2D eigenvalue weighted by Gasteiger charge is 2.37. The van der Waals surface area contributed by atoms with E-state index in [4.69, 9.17) is 0 Å². The summed E-state index contributed by atoms with van der Waals surface area (Å²) in [5.41, 5.74) is 1.19. The molecule has 1 aromatic carbocycles. The molecule has 2 fully saturated rings. The Hall–Kier alpha value is -1.84. The summed E-state index contributed by atoms with van der Waals surface area (Å²) in [5.74, 6) is -0.890. The molecule has 1 aromatic rings. The molecule has 1 saturated carbocycles. The molecule has 1 heterocycles. The molecule has 4 nitrogen and oxygen atoms in total. The van der Waals surface area contributed by atoms with Crippen molar-refractivity contribution in [1.29, 1.82) is 0 Å². The fourth-order valence-electron chi connectivity index (χ4n) is 4.29. The van der Waals surface area contributed by atoms with Gasteiger partial charge in [-0.3, -0.25) is 4.79 Å². The third kappa shape index (κ3) is 3.57. The molecule has 4 heteroatoms. The van der Waals surface area contributed by atoms with Gasteiger partial charge in [0.05, 0.1) is 12.0 Å². The summed E-state index contributed by atoms with van der Waals surface area (Å²) in [6.45, 7) is 1.68. The van der Waals surface area contributed by atoms with Crippen molar-refractivity contribution >= 4 is 11.9 Å². The van der Waals surface area contributed by atoms with Crippen molar-refractivity contribution < 1.29 is 14.7 Å². The molecule has 23 heavy (non-hydrogen) atoms. The van der Waals surface area contributed by atoms with Crippen LogP contribution in [-0.2, 0) is 11.2 Å². The van der Waals surface area contributed by atoms with Crippen LogP contribution in [0.1, 0.15) is 60.9 Å². The van der Waals surface area contributed by atoms with Crippen molar-refractivity contribution in [2.45, 2.75) is 51.4 Å². The van der Waals surface area contributed by atoms with E-state index >= 15 is 0 Å². The van der Waals surface area contributed by atoms with Gasteiger partial charge in [-0.05, 0) is 42.7 Å². The van der Waals surface area contributed by atoms with E-state index in [9.17, 15) is 14.7 Å². The number of hydrogen-bond acceptors (Lipinski definition) is 2. The number of carbonyl (C=O) groups is 2. The minimum Gasteiger partial charge on any atom is -0.478 e. The van der Waals surface area contributed by atoms with Crippen molar-refractivity contribution in [3.05, 3.63) is 35.4 Å². The number of likely N-dealkylation sites (tertiary alicyclic amines) is 1. The molecule has 2 aliphatic rings. The molecule has 0 radical (unpaired) electrons. The normalized spacial score (nSPS) is 20.4. The van der Waals surface area contributed by atoms with E-state index < -0.39 is 5.97 Å². The average molecular weight is 315 g/mol. The van der Waals surface area contributed by atoms with Crippen LogP contribution in [0.15, 0.2) is 24.3 Å². The molecule has 1 aliphatic carbocycles. The van der Waals surface area contributed by atoms with E-state index in [1.54, 1.807) is 24.3 Å². The summed E-state index contributed by atoms with van der Waals surface area (Å²) < 4.78 is 0. The summed E-state index contributed by atoms with van der Waals surface area (Å²) in [4.78, 5) is 26.0. The van der Waals surface area contributed by atoms with Crippen LogP contribution >= 0.6 is 0 Å². The molecule has 0 aromatic heterocycles. The smallest absolute Gasteiger partial charge is 0.335 e. The molecule has 1 amide bonds. The fourth-order valence-corrected chi connectivity index (χ4v) is 4.29. The van der Waals surface area contributed by atoms with E-state index in [1.165, 1.54) is 38.5 Å². The molecular weight excluding hydrogens is 290 g/mol. The highest BCUT2D eigenvalue weighted by molar-refractivity contribution is 5.91. The van der Waals surface area contributed by atoms with Crippen molar-refractivity contribution in [3.63, 3.8) is 0 Å². The predicted octanol–water partition coefficient (Wildman–Crippen LogP) is 3.50. The molecule has 0 atom stereocenters. The fraction of sp³-hybridized carbons (Fsp3) is 0.579. The van der Waals surface area contributed by atoms with Crippen LogP contribution in [0.25, 0.3) is 0 Å². The van der Waals surface area contributed by atoms with E-state index in [-0.39, 0.29) is 17.9 Å². The minimum atomic E-state index is -0.962. The Morgan fingerprint density at radius 3 is 2.48 bits per heavy atom. The number of nitrogens with zero attached hydrogens (tertiary/aromatic N) is 1. The monoisotopic (exact) mass is 315 g/mol. The Morgan fingerprint density at radius 2 is 1.74 bits per heavy atom. The Kier molecular flexibility index (Phi) is 4.69. The molecular formula is C19H25NO3. The zero-order valence-electron chi connectivity index (χ0n) is 13.6. The maximum atomic E-state index is 12.7. The zero-order chi connectivity index (χ0) is 16.3. The molecule has 1 spiro atoms. The predicted molar refractivity (Wildman–Crippen MR) is 88.4 cm³/mol. The largest absolute Gasteiger partial charge is 0.478 e. The van der Waals surface area contributed by atoms with E-state index in [0.717, 1.165) is 19.5 Å². The second-order valence-electron chi connectivity index (χ2n) is 7.12. The number of hydrogen-bond donors (Lipinski definition) is 1. The topological polar surface area (TPSA) is 57.6 Å². The van der Waals surface area contributed by atoms with Gasteiger partial charge in [-0.1, -0.05) is 37.5 Å². The van der Waals surface area contributed by atoms with Crippen LogP contribution in [0.2, 0.25) is 0 Å². The van der Waals surface area contributed by atoms with Crippen LogP contribution < -0.4 is 0 Å². The van der Waals surface area contributed by atoms with Gasteiger partial charge >= 0.3 is 5.97 Å². The highest BCUT2D eigenvalue weighted by atomic mass is 16.4. The number of carboxylic acids is 1. The number of benzene rings is 1. The molecule has 0 unspecified atom stereocenters. The van der Waals surface area contributed by atoms with Gasteiger partial charge in [-0.2, -0.15) is 0 Å². The SMILES string of the molecule is O=C(O)c1ccccc1CC(=O)N1CCCC2(CCCCC2)C1. The number of carboxylic acid groups (broad SMARTS) is 1. The molecule has 124 valence electrons. The van der Waals surface area contributed by atoms with Gasteiger partial charge in [-0.15, -0.1) is 0 Å². The van der Waals surface area contributed by atoms with Gasteiger partial charge in [0.1, 0.15) is 0 Å². The number of amides is 1. The maximum Gasteiger partial charge on any atom is 0.335 e. The molecule has 1 saturated heterocycles. The lowest BCUT2D eigenvalue weighted by Crippen LogP contribution is -2.47. The van der Waals surface area contributed by atoms with Crippen molar-refractivity contribution in [3.8, 4) is 0 Å². The first-order chi connectivity index (χ1) is 11.1. The Balaban J connectivity index is 1.70. The lowest BCUT2D eigenvalue weighted by Gasteiger charge is -2.45. The van der Waals surface area contributed by atoms with Gasteiger partial charge in [0.25, 0.3) is 0 Å². The first-order valence-electron chi connectivity index (χ1n) is 8.69. The second-order valence-corrected chi connectivity index (χ2v) is 7.12. The van der Waals surface area contributed by atoms with Crippen molar-refractivity contribution in [1.82, 2.24) is 4.90 Å². The third-order valence-electron chi connectivity index (χ3n) is 5.52. The summed E-state index contributed by atoms with van der Waals surface area (Å²) >= 11 is 0. The van der Waals surface area contributed by atoms with Crippen LogP contribution in [-0.4, -0.2) is 35.0 Å². The lowest BCUT2D eigenvalue weighted by molar-refractivity contribution is -0.134. The maximum absolute atomic E-state index is 12.7. The van der Waals surface area contributed by atoms with Crippen LogP contribution in [0.3, 0.4) is 0 Å². The number of piperidine rings is 1. The number of carbonyl (C=O) groups excluding carboxylic acids is 1. The van der Waals surface area contributed by atoms with E-state index in [0.29, 0.717) is 11.0 Å². The standard InChI is InChI=1S/C19H25NO3/c21-17(13-15-7-2-3-8-16(15)18(22)23)20-12-6-11-19(14-20)9-4-1-5-10-19/h2-3,7-8H,1,4-6,9-14H2,(H,22,23). The Bertz CT molecular complexity index is 585. The van der Waals surface area contributed by atoms with Gasteiger partial charge < -0.3 is 10.0 Å². The van der Waals surface area contributed by atoms with Crippen LogP contribution in [0, 0.1) is 5.41 Å². The minimum absolute atomic E-state index is 0.0725. The second kappa shape index (κ2) is 6.73. The van der Waals surface area contributed by atoms with Crippen molar-refractivity contribution in [2.24, 2.45) is 5.41 Å². The summed E-state index contributed by atoms with van der Waals surface area (Å²) in [6.07, 6.45) is 8.87. The Morgan fingerprint density at radius 1 is 1.04 bits per heavy atom. The first kappa shape index (κ1) is 16.0. The van der Waals surface area contributed by atoms with Gasteiger partial charge in [-0.25, -0.2) is 4.79 Å². The summed E-state index contributed by atoms with van der Waals surface area (Å²) in [6, 6.07) is 6.83. The Labute approximate surface area is 137 Å².